The topological polar surface area (TPSA) is 20.3 Å². The molecule has 0 aliphatic rings. The van der Waals surface area contributed by atoms with Crippen molar-refractivity contribution in [3.05, 3.63) is 35.4 Å². The van der Waals surface area contributed by atoms with Crippen LogP contribution < -0.4 is 0 Å². The average molecular weight is 284 g/mol. The van der Waals surface area contributed by atoms with E-state index in [4.69, 9.17) is 0 Å². The fourth-order valence-electron chi connectivity index (χ4n) is 1.46. The molecule has 16 heavy (non-hydrogen) atoms. The third-order valence-electron chi connectivity index (χ3n) is 2.54. The molecule has 1 amide bonds. The standard InChI is InChI=1S/C13H18BrNO/c1-4-12(14)13(16)15(3)9-11-7-5-10(2)6-8-11/h5-8,12H,4,9H2,1-3H3. The van der Waals surface area contributed by atoms with Crippen LogP contribution in [-0.4, -0.2) is 22.7 Å². The molecule has 1 aromatic rings. The molecule has 0 radical (unpaired) electrons. The lowest BCUT2D eigenvalue weighted by Crippen LogP contribution is -2.32. The molecular weight excluding hydrogens is 266 g/mol. The van der Waals surface area contributed by atoms with E-state index in [1.165, 1.54) is 5.56 Å². The average Bonchev–Trinajstić information content (AvgIpc) is 2.30. The second-order valence-corrected chi connectivity index (χ2v) is 5.16. The Bertz CT molecular complexity index is 347. The SMILES string of the molecule is CCC(Br)C(=O)N(C)Cc1ccc(C)cc1. The van der Waals surface area contributed by atoms with E-state index in [1.54, 1.807) is 4.90 Å². The van der Waals surface area contributed by atoms with Gasteiger partial charge in [0.25, 0.3) is 0 Å². The van der Waals surface area contributed by atoms with E-state index in [9.17, 15) is 4.79 Å². The minimum absolute atomic E-state index is 0.0667. The Balaban J connectivity index is 2.60. The maximum Gasteiger partial charge on any atom is 0.236 e. The first-order valence-electron chi connectivity index (χ1n) is 5.49. The lowest BCUT2D eigenvalue weighted by Gasteiger charge is -2.19. The van der Waals surface area contributed by atoms with Crippen molar-refractivity contribution < 1.29 is 4.79 Å². The van der Waals surface area contributed by atoms with E-state index in [1.807, 2.05) is 14.0 Å². The zero-order chi connectivity index (χ0) is 12.1. The van der Waals surface area contributed by atoms with Gasteiger partial charge in [0.05, 0.1) is 4.83 Å². The van der Waals surface area contributed by atoms with Crippen molar-refractivity contribution >= 4 is 21.8 Å². The Morgan fingerprint density at radius 2 is 1.94 bits per heavy atom. The molecule has 88 valence electrons. The number of hydrogen-bond donors (Lipinski definition) is 0. The monoisotopic (exact) mass is 283 g/mol. The van der Waals surface area contributed by atoms with E-state index < -0.39 is 0 Å². The van der Waals surface area contributed by atoms with Crippen molar-refractivity contribution in [1.29, 1.82) is 0 Å². The van der Waals surface area contributed by atoms with Crippen LogP contribution in [0.4, 0.5) is 0 Å². The van der Waals surface area contributed by atoms with Crippen LogP contribution in [0.15, 0.2) is 24.3 Å². The van der Waals surface area contributed by atoms with Gasteiger partial charge in [-0.25, -0.2) is 0 Å². The summed E-state index contributed by atoms with van der Waals surface area (Å²) in [4.78, 5) is 13.5. The first-order valence-corrected chi connectivity index (χ1v) is 6.40. The van der Waals surface area contributed by atoms with Crippen LogP contribution in [0.1, 0.15) is 24.5 Å². The predicted octanol–water partition coefficient (Wildman–Crippen LogP) is 3.13. The maximum atomic E-state index is 11.8. The van der Waals surface area contributed by atoms with Crippen molar-refractivity contribution in [2.75, 3.05) is 7.05 Å². The Labute approximate surface area is 106 Å². The molecule has 0 aliphatic heterocycles. The molecule has 0 saturated heterocycles. The summed E-state index contributed by atoms with van der Waals surface area (Å²) in [6, 6.07) is 8.26. The lowest BCUT2D eigenvalue weighted by molar-refractivity contribution is -0.129. The maximum absolute atomic E-state index is 11.8. The number of nitrogens with zero attached hydrogens (tertiary/aromatic N) is 1. The van der Waals surface area contributed by atoms with Gasteiger partial charge in [0.1, 0.15) is 0 Å². The third kappa shape index (κ3) is 3.63. The van der Waals surface area contributed by atoms with E-state index in [0.29, 0.717) is 6.54 Å². The number of hydrogen-bond acceptors (Lipinski definition) is 1. The highest BCUT2D eigenvalue weighted by Crippen LogP contribution is 2.11. The molecule has 0 fully saturated rings. The highest BCUT2D eigenvalue weighted by molar-refractivity contribution is 9.10. The Morgan fingerprint density at radius 1 is 1.38 bits per heavy atom. The van der Waals surface area contributed by atoms with E-state index in [0.717, 1.165) is 12.0 Å². The van der Waals surface area contributed by atoms with E-state index in [2.05, 4.69) is 47.1 Å². The van der Waals surface area contributed by atoms with Crippen molar-refractivity contribution in [2.45, 2.75) is 31.6 Å². The normalized spacial score (nSPS) is 12.2. The summed E-state index contributed by atoms with van der Waals surface area (Å²) in [5, 5.41) is 0. The largest absolute Gasteiger partial charge is 0.340 e. The highest BCUT2D eigenvalue weighted by atomic mass is 79.9. The summed E-state index contributed by atoms with van der Waals surface area (Å²) in [5.74, 6) is 0.142. The third-order valence-corrected chi connectivity index (χ3v) is 3.58. The van der Waals surface area contributed by atoms with Gasteiger partial charge in [-0.3, -0.25) is 4.79 Å². The molecule has 2 nitrogen and oxygen atoms in total. The van der Waals surface area contributed by atoms with Crippen LogP contribution in [-0.2, 0) is 11.3 Å². The fourth-order valence-corrected chi connectivity index (χ4v) is 1.81. The zero-order valence-electron chi connectivity index (χ0n) is 10.0. The van der Waals surface area contributed by atoms with Crippen LogP contribution in [0.25, 0.3) is 0 Å². The van der Waals surface area contributed by atoms with Crippen molar-refractivity contribution in [3.8, 4) is 0 Å². The molecule has 1 rings (SSSR count). The van der Waals surface area contributed by atoms with Crippen molar-refractivity contribution in [3.63, 3.8) is 0 Å². The molecule has 0 spiro atoms. The summed E-state index contributed by atoms with van der Waals surface area (Å²) < 4.78 is 0. The minimum atomic E-state index is -0.0667. The molecule has 0 aliphatic carbocycles. The van der Waals surface area contributed by atoms with Crippen LogP contribution >= 0.6 is 15.9 Å². The van der Waals surface area contributed by atoms with Gasteiger partial charge in [-0.05, 0) is 18.9 Å². The van der Waals surface area contributed by atoms with Gasteiger partial charge in [0.15, 0.2) is 0 Å². The number of halogens is 1. The van der Waals surface area contributed by atoms with E-state index in [-0.39, 0.29) is 10.7 Å². The summed E-state index contributed by atoms with van der Waals surface area (Å²) in [7, 11) is 1.84. The Kier molecular flexibility index (Phi) is 5.00. The number of rotatable bonds is 4. The zero-order valence-corrected chi connectivity index (χ0v) is 11.6. The lowest BCUT2D eigenvalue weighted by atomic mass is 10.1. The smallest absolute Gasteiger partial charge is 0.236 e. The second-order valence-electron chi connectivity index (χ2n) is 4.06. The number of alkyl halides is 1. The van der Waals surface area contributed by atoms with Gasteiger partial charge >= 0.3 is 0 Å². The molecule has 0 heterocycles. The van der Waals surface area contributed by atoms with Gasteiger partial charge in [0.2, 0.25) is 5.91 Å². The fraction of sp³-hybridized carbons (Fsp3) is 0.462. The Hall–Kier alpha value is -0.830. The van der Waals surface area contributed by atoms with Crippen molar-refractivity contribution in [2.24, 2.45) is 0 Å². The van der Waals surface area contributed by atoms with Crippen LogP contribution in [0, 0.1) is 6.92 Å². The predicted molar refractivity (Wildman–Crippen MR) is 70.7 cm³/mol. The number of carbonyl (C=O) groups is 1. The molecule has 0 saturated carbocycles. The van der Waals surface area contributed by atoms with Crippen molar-refractivity contribution in [1.82, 2.24) is 4.90 Å². The Morgan fingerprint density at radius 3 is 2.44 bits per heavy atom. The summed E-state index contributed by atoms with van der Waals surface area (Å²) >= 11 is 3.38. The molecule has 1 unspecified atom stereocenters. The summed E-state index contributed by atoms with van der Waals surface area (Å²) in [5.41, 5.74) is 2.40. The first kappa shape index (κ1) is 13.2. The first-order chi connectivity index (χ1) is 7.54. The molecular formula is C13H18BrNO. The van der Waals surface area contributed by atoms with Gasteiger partial charge in [-0.15, -0.1) is 0 Å². The second kappa shape index (κ2) is 6.04. The summed E-state index contributed by atoms with van der Waals surface area (Å²) in [6.07, 6.45) is 0.817. The van der Waals surface area contributed by atoms with Gasteiger partial charge in [-0.2, -0.15) is 0 Å². The summed E-state index contributed by atoms with van der Waals surface area (Å²) in [6.45, 7) is 4.72. The molecule has 1 aromatic carbocycles. The molecule has 1 atom stereocenters. The minimum Gasteiger partial charge on any atom is -0.340 e. The van der Waals surface area contributed by atoms with Gasteiger partial charge in [0, 0.05) is 13.6 Å². The van der Waals surface area contributed by atoms with Crippen LogP contribution in [0.2, 0.25) is 0 Å². The molecule has 0 N–H and O–H groups in total. The molecule has 0 aromatic heterocycles. The van der Waals surface area contributed by atoms with Gasteiger partial charge < -0.3 is 4.90 Å². The number of carbonyl (C=O) groups excluding carboxylic acids is 1. The van der Waals surface area contributed by atoms with E-state index >= 15 is 0 Å². The van der Waals surface area contributed by atoms with Crippen LogP contribution in [0.5, 0.6) is 0 Å². The highest BCUT2D eigenvalue weighted by Gasteiger charge is 2.16. The quantitative estimate of drug-likeness (QED) is 0.778. The number of benzene rings is 1. The molecule has 3 heteroatoms. The van der Waals surface area contributed by atoms with Gasteiger partial charge in [-0.1, -0.05) is 52.7 Å². The number of aryl methyl sites for hydroxylation is 1. The molecule has 0 bridgehead atoms. The van der Waals surface area contributed by atoms with Crippen LogP contribution in [0.3, 0.4) is 0 Å². The number of amides is 1.